The largest absolute Gasteiger partial charge is 0.455 e. The monoisotopic (exact) mass is 462 g/mol. The molecule has 0 fully saturated rings. The van der Waals surface area contributed by atoms with Crippen LogP contribution in [0.15, 0.2) is 45.6 Å². The Kier molecular flexibility index (Phi) is 6.63. The van der Waals surface area contributed by atoms with Gasteiger partial charge in [0.05, 0.1) is 22.9 Å². The number of benzene rings is 2. The Hall–Kier alpha value is -1.54. The molecule has 2 aromatic carbocycles. The Morgan fingerprint density at radius 2 is 1.93 bits per heavy atom. The fraction of sp³-hybridized carbons (Fsp3) is 0.316. The third-order valence-electron chi connectivity index (χ3n) is 3.93. The summed E-state index contributed by atoms with van der Waals surface area (Å²) in [6, 6.07) is 7.75. The molecule has 0 aliphatic carbocycles. The summed E-state index contributed by atoms with van der Waals surface area (Å²) in [6.07, 6.45) is -3.74. The normalized spacial score (nSPS) is 14.2. The number of alkyl halides is 3. The van der Waals surface area contributed by atoms with Crippen molar-refractivity contribution >= 4 is 50.8 Å². The van der Waals surface area contributed by atoms with Crippen LogP contribution in [0.4, 0.5) is 13.2 Å². The van der Waals surface area contributed by atoms with Crippen LogP contribution in [0.25, 0.3) is 21.9 Å². The second-order valence-corrected chi connectivity index (χ2v) is 12.4. The highest BCUT2D eigenvalue weighted by Crippen LogP contribution is 2.60. The SMILES string of the molecule is CCCSP(=S)(OCC)Oc1ccc2oc3c(C(F)(F)F)cccc3c(=O)c2c1. The van der Waals surface area contributed by atoms with E-state index in [4.69, 9.17) is 25.3 Å². The number of rotatable bonds is 7. The molecule has 0 aliphatic heterocycles. The van der Waals surface area contributed by atoms with Crippen molar-refractivity contribution in [2.45, 2.75) is 26.4 Å². The average Bonchev–Trinajstić information content (AvgIpc) is 2.66. The molecular formula is C19H18F3O4PS2. The molecule has 0 spiro atoms. The van der Waals surface area contributed by atoms with Crippen LogP contribution in [0, 0.1) is 0 Å². The molecule has 0 amide bonds. The van der Waals surface area contributed by atoms with Crippen LogP contribution in [-0.4, -0.2) is 12.4 Å². The lowest BCUT2D eigenvalue weighted by Gasteiger charge is -2.21. The molecule has 10 heteroatoms. The van der Waals surface area contributed by atoms with E-state index < -0.39 is 28.4 Å². The first-order chi connectivity index (χ1) is 13.7. The van der Waals surface area contributed by atoms with E-state index in [0.717, 1.165) is 18.2 Å². The molecule has 3 rings (SSSR count). The van der Waals surface area contributed by atoms with E-state index in [-0.39, 0.29) is 16.4 Å². The van der Waals surface area contributed by atoms with Crippen molar-refractivity contribution in [1.29, 1.82) is 0 Å². The first-order valence-electron chi connectivity index (χ1n) is 8.84. The van der Waals surface area contributed by atoms with Gasteiger partial charge in [0, 0.05) is 5.75 Å². The van der Waals surface area contributed by atoms with Crippen molar-refractivity contribution in [3.8, 4) is 5.75 Å². The van der Waals surface area contributed by atoms with Crippen LogP contribution in [0.5, 0.6) is 5.75 Å². The number of fused-ring (bicyclic) bond motifs is 2. The molecule has 1 unspecified atom stereocenters. The summed E-state index contributed by atoms with van der Waals surface area (Å²) < 4.78 is 56.8. The first-order valence-corrected chi connectivity index (χ1v) is 13.1. The lowest BCUT2D eigenvalue weighted by molar-refractivity contribution is -0.136. The minimum Gasteiger partial charge on any atom is -0.455 e. The van der Waals surface area contributed by atoms with Gasteiger partial charge in [-0.25, -0.2) is 0 Å². The predicted octanol–water partition coefficient (Wildman–Crippen LogP) is 6.75. The maximum atomic E-state index is 13.3. The van der Waals surface area contributed by atoms with E-state index in [0.29, 0.717) is 12.4 Å². The molecular weight excluding hydrogens is 444 g/mol. The standard InChI is InChI=1S/C19H18F3O4PS2/c1-3-10-29-27(28,24-4-2)26-12-8-9-16-14(11-12)17(23)13-6-5-7-15(18(13)25-16)19(20,21)22/h5-9,11H,3-4,10H2,1-2H3. The van der Waals surface area contributed by atoms with E-state index in [1.807, 2.05) is 13.8 Å². The summed E-state index contributed by atoms with van der Waals surface area (Å²) in [4.78, 5) is 12.8. The molecule has 29 heavy (non-hydrogen) atoms. The number of hydrogen-bond donors (Lipinski definition) is 0. The zero-order valence-electron chi connectivity index (χ0n) is 15.6. The van der Waals surface area contributed by atoms with Gasteiger partial charge >= 0.3 is 6.18 Å². The number of halogens is 3. The zero-order chi connectivity index (χ0) is 21.2. The van der Waals surface area contributed by atoms with Crippen LogP contribution in [0.2, 0.25) is 0 Å². The van der Waals surface area contributed by atoms with E-state index in [9.17, 15) is 18.0 Å². The molecule has 156 valence electrons. The van der Waals surface area contributed by atoms with Gasteiger partial charge in [0.2, 0.25) is 5.43 Å². The van der Waals surface area contributed by atoms with E-state index in [2.05, 4.69) is 0 Å². The molecule has 0 radical (unpaired) electrons. The van der Waals surface area contributed by atoms with Gasteiger partial charge in [-0.2, -0.15) is 13.2 Å². The van der Waals surface area contributed by atoms with Gasteiger partial charge in [0.25, 0.3) is 5.69 Å². The Labute approximate surface area is 174 Å². The van der Waals surface area contributed by atoms with E-state index >= 15 is 0 Å². The summed E-state index contributed by atoms with van der Waals surface area (Å²) in [5, 5.41) is -0.0260. The van der Waals surface area contributed by atoms with Gasteiger partial charge in [-0.05, 0) is 55.5 Å². The van der Waals surface area contributed by atoms with Crippen molar-refractivity contribution in [2.24, 2.45) is 0 Å². The average molecular weight is 462 g/mol. The third kappa shape index (κ3) is 4.79. The number of para-hydroxylation sites is 1. The van der Waals surface area contributed by atoms with Crippen LogP contribution in [-0.2, 0) is 22.5 Å². The maximum Gasteiger partial charge on any atom is 0.420 e. The highest BCUT2D eigenvalue weighted by Gasteiger charge is 2.34. The summed E-state index contributed by atoms with van der Waals surface area (Å²) >= 11 is 6.96. The lowest BCUT2D eigenvalue weighted by Crippen LogP contribution is -2.09. The lowest BCUT2D eigenvalue weighted by atomic mass is 10.1. The summed E-state index contributed by atoms with van der Waals surface area (Å²) in [6.45, 7) is 4.21. The van der Waals surface area contributed by atoms with Crippen molar-refractivity contribution in [2.75, 3.05) is 12.4 Å². The minimum atomic E-state index is -4.63. The van der Waals surface area contributed by atoms with Gasteiger partial charge < -0.3 is 13.5 Å². The van der Waals surface area contributed by atoms with Crippen LogP contribution in [0.3, 0.4) is 0 Å². The molecule has 0 saturated carbocycles. The molecule has 1 atom stereocenters. The Balaban J connectivity index is 2.11. The summed E-state index contributed by atoms with van der Waals surface area (Å²) in [7, 11) is 0. The molecule has 4 nitrogen and oxygen atoms in total. The number of hydrogen-bond acceptors (Lipinski definition) is 6. The molecule has 3 aromatic rings. The van der Waals surface area contributed by atoms with Gasteiger partial charge in [-0.3, -0.25) is 4.79 Å². The Bertz CT molecular complexity index is 1140. The first kappa shape index (κ1) is 22.2. The van der Waals surface area contributed by atoms with Crippen molar-refractivity contribution in [1.82, 2.24) is 0 Å². The van der Waals surface area contributed by atoms with Gasteiger partial charge in [0.1, 0.15) is 11.3 Å². The smallest absolute Gasteiger partial charge is 0.420 e. The summed E-state index contributed by atoms with van der Waals surface area (Å²) in [5.41, 5.74) is -4.66. The van der Waals surface area contributed by atoms with Gasteiger partial charge in [-0.15, -0.1) is 0 Å². The zero-order valence-corrected chi connectivity index (χ0v) is 18.1. The Morgan fingerprint density at radius 1 is 1.17 bits per heavy atom. The predicted molar refractivity (Wildman–Crippen MR) is 114 cm³/mol. The van der Waals surface area contributed by atoms with Crippen LogP contribution < -0.4 is 9.95 Å². The topological polar surface area (TPSA) is 48.7 Å². The molecule has 1 heterocycles. The highest BCUT2D eigenvalue weighted by molar-refractivity contribution is 8.68. The molecule has 0 aliphatic rings. The van der Waals surface area contributed by atoms with Crippen molar-refractivity contribution in [3.63, 3.8) is 0 Å². The minimum absolute atomic E-state index is 0.0393. The van der Waals surface area contributed by atoms with Gasteiger partial charge in [0.15, 0.2) is 5.58 Å². The molecule has 0 saturated heterocycles. The van der Waals surface area contributed by atoms with E-state index in [1.54, 1.807) is 0 Å². The van der Waals surface area contributed by atoms with Crippen molar-refractivity contribution < 1.29 is 26.6 Å². The van der Waals surface area contributed by atoms with E-state index in [1.165, 1.54) is 41.7 Å². The second kappa shape index (κ2) is 8.68. The quantitative estimate of drug-likeness (QED) is 0.286. The highest BCUT2D eigenvalue weighted by atomic mass is 32.9. The van der Waals surface area contributed by atoms with Crippen molar-refractivity contribution in [3.05, 3.63) is 52.2 Å². The van der Waals surface area contributed by atoms with Gasteiger partial charge in [-0.1, -0.05) is 24.4 Å². The maximum absolute atomic E-state index is 13.3. The third-order valence-corrected chi connectivity index (χ3v) is 9.37. The van der Waals surface area contributed by atoms with Crippen LogP contribution >= 0.6 is 17.1 Å². The molecule has 0 bridgehead atoms. The fourth-order valence-electron chi connectivity index (χ4n) is 2.72. The second-order valence-electron chi connectivity index (χ2n) is 6.06. The Morgan fingerprint density at radius 3 is 2.59 bits per heavy atom. The van der Waals surface area contributed by atoms with Crippen LogP contribution in [0.1, 0.15) is 25.8 Å². The molecule has 1 aromatic heterocycles. The fourth-order valence-corrected chi connectivity index (χ4v) is 7.41. The summed E-state index contributed by atoms with van der Waals surface area (Å²) in [5.74, 6) is 1.08. The molecule has 0 N–H and O–H groups in total.